The van der Waals surface area contributed by atoms with Crippen molar-refractivity contribution >= 4 is 23.9 Å². The average Bonchev–Trinajstić information content (AvgIpc) is 3.11. The third-order valence-corrected chi connectivity index (χ3v) is 6.75. The Bertz CT molecular complexity index is 1640. The minimum Gasteiger partial charge on any atom is -0.537 e. The second-order valence-corrected chi connectivity index (χ2v) is 13.0. The fourth-order valence-corrected chi connectivity index (χ4v) is 4.01. The fraction of sp³-hybridized carbons (Fsp3) is 0.300. The summed E-state index contributed by atoms with van der Waals surface area (Å²) in [6, 6.07) is 24.2. The zero-order valence-electron chi connectivity index (χ0n) is 36.8. The first-order chi connectivity index (χ1) is 25.4. The third kappa shape index (κ3) is 46.2. The van der Waals surface area contributed by atoms with Gasteiger partial charge in [0.1, 0.15) is 23.9 Å². The quantitative estimate of drug-likeness (QED) is 0.117. The molecule has 24 nitrogen and oxygen atoms in total. The smallest absolute Gasteiger partial charge is 0.537 e. The Labute approximate surface area is 403 Å². The van der Waals surface area contributed by atoms with Crippen molar-refractivity contribution in [1.82, 2.24) is 29.7 Å². The molecule has 0 aliphatic carbocycles. The molecular weight excluding hydrogens is 962 g/mol. The van der Waals surface area contributed by atoms with Crippen LogP contribution in [0.4, 0.5) is 0 Å². The molecule has 0 saturated heterocycles. The first-order valence-electron chi connectivity index (χ1n) is 16.3. The van der Waals surface area contributed by atoms with Gasteiger partial charge in [-0.1, -0.05) is 24.3 Å². The van der Waals surface area contributed by atoms with Gasteiger partial charge in [-0.15, -0.1) is 0 Å². The molecule has 0 fully saturated rings. The number of hydrogen-bond donors (Lipinski definition) is 0. The van der Waals surface area contributed by atoms with E-state index < -0.39 is 23.9 Å². The molecule has 374 valence electrons. The summed E-state index contributed by atoms with van der Waals surface area (Å²) in [4.78, 5) is 59.7. The van der Waals surface area contributed by atoms with Gasteiger partial charge in [-0.2, -0.15) is 0 Å². The minimum absolute atomic E-state index is 0. The predicted molar refractivity (Wildman–Crippen MR) is 227 cm³/mol. The van der Waals surface area contributed by atoms with Crippen LogP contribution >= 0.6 is 0 Å². The van der Waals surface area contributed by atoms with Crippen molar-refractivity contribution in [2.75, 3.05) is 0 Å². The molecule has 4 heterocycles. The zero-order valence-corrected chi connectivity index (χ0v) is 39.1. The van der Waals surface area contributed by atoms with E-state index in [-0.39, 0.29) is 100.0 Å². The van der Waals surface area contributed by atoms with E-state index in [0.717, 1.165) is 49.0 Å². The SMILES string of the molecule is CC(C)(C)N(Cc1ccccn1)Cc1ccccn1.CC(C)(C)N(Cc1ccccn1)Cc1ccccn1.O.O.O.O.O.O.O.O.O.O.O=C([O-])C#CC(=O)[O-].O=C([O-])C#CC(=O)[O-].[Mn+2].[Mn+2]. The van der Waals surface area contributed by atoms with Gasteiger partial charge >= 0.3 is 34.1 Å². The molecule has 0 atom stereocenters. The number of carbonyl (C=O) groups excluding carboxylic acids is 4. The number of hydrogen-bond acceptors (Lipinski definition) is 14. The topological polar surface area (TPSA) is 534 Å². The van der Waals surface area contributed by atoms with E-state index in [1.165, 1.54) is 23.7 Å². The van der Waals surface area contributed by atoms with E-state index in [1.807, 2.05) is 73.3 Å². The van der Waals surface area contributed by atoms with Gasteiger partial charge in [0.15, 0.2) is 0 Å². The summed E-state index contributed by atoms with van der Waals surface area (Å²) in [5.74, 6) is -1.96. The Morgan fingerprint density at radius 1 is 0.394 bits per heavy atom. The van der Waals surface area contributed by atoms with Crippen molar-refractivity contribution < 1.29 is 129 Å². The summed E-state index contributed by atoms with van der Waals surface area (Å²) >= 11 is 0. The number of carboxylic acids is 4. The van der Waals surface area contributed by atoms with E-state index in [4.69, 9.17) is 0 Å². The van der Waals surface area contributed by atoms with Crippen LogP contribution in [0.2, 0.25) is 0 Å². The van der Waals surface area contributed by atoms with Gasteiger partial charge < -0.3 is 94.4 Å². The number of nitrogens with zero attached hydrogens (tertiary/aromatic N) is 6. The van der Waals surface area contributed by atoms with Gasteiger partial charge in [-0.25, -0.2) is 0 Å². The predicted octanol–water partition coefficient (Wildman–Crippen LogP) is -8.72. The Balaban J connectivity index is -0.0000000590. The van der Waals surface area contributed by atoms with Crippen LogP contribution in [0.15, 0.2) is 97.6 Å². The second-order valence-electron chi connectivity index (χ2n) is 13.0. The second kappa shape index (κ2) is 48.6. The molecule has 20 N–H and O–H groups in total. The first kappa shape index (κ1) is 90.8. The molecule has 0 bridgehead atoms. The molecule has 26 heteroatoms. The minimum atomic E-state index is -1.73. The van der Waals surface area contributed by atoms with Crippen molar-refractivity contribution in [2.45, 2.75) is 78.8 Å². The van der Waals surface area contributed by atoms with Gasteiger partial charge in [-0.05, 0) is 114 Å². The summed E-state index contributed by atoms with van der Waals surface area (Å²) in [6.07, 6.45) is 7.38. The number of carboxylic acid groups (broad SMARTS) is 4. The van der Waals surface area contributed by atoms with E-state index in [2.05, 4.69) is 95.5 Å². The fourth-order valence-electron chi connectivity index (χ4n) is 4.01. The van der Waals surface area contributed by atoms with Gasteiger partial charge in [0.05, 0.1) is 22.8 Å². The van der Waals surface area contributed by atoms with Crippen molar-refractivity contribution in [1.29, 1.82) is 0 Å². The first-order valence-corrected chi connectivity index (χ1v) is 16.3. The molecule has 2 radical (unpaired) electrons. The van der Waals surface area contributed by atoms with Crippen LogP contribution in [-0.2, 0) is 79.5 Å². The van der Waals surface area contributed by atoms with Crippen LogP contribution in [0.3, 0.4) is 0 Å². The number of aliphatic carboxylic acids is 4. The monoisotopic (exact) mass is 1020 g/mol. The van der Waals surface area contributed by atoms with Crippen LogP contribution in [0.25, 0.3) is 0 Å². The summed E-state index contributed by atoms with van der Waals surface area (Å²) < 4.78 is 0. The number of pyridine rings is 4. The molecule has 0 saturated carbocycles. The van der Waals surface area contributed by atoms with Crippen molar-refractivity contribution in [2.24, 2.45) is 0 Å². The molecule has 0 spiro atoms. The summed E-state index contributed by atoms with van der Waals surface area (Å²) in [5.41, 5.74) is 4.52. The van der Waals surface area contributed by atoms with Crippen LogP contribution in [0, 0.1) is 23.7 Å². The van der Waals surface area contributed by atoms with Crippen molar-refractivity contribution in [3.8, 4) is 23.7 Å². The van der Waals surface area contributed by atoms with Gasteiger partial charge in [0.25, 0.3) is 0 Å². The maximum atomic E-state index is 9.33. The molecular formula is C40H62Mn2N6O18. The number of aromatic nitrogens is 4. The van der Waals surface area contributed by atoms with Crippen LogP contribution < -0.4 is 20.4 Å². The third-order valence-electron chi connectivity index (χ3n) is 6.75. The van der Waals surface area contributed by atoms with Gasteiger partial charge in [0, 0.05) is 62.0 Å². The van der Waals surface area contributed by atoms with E-state index in [0.29, 0.717) is 0 Å². The number of carbonyl (C=O) groups is 4. The zero-order chi connectivity index (χ0) is 40.6. The Hall–Kier alpha value is -5.84. The van der Waals surface area contributed by atoms with Gasteiger partial charge in [0.2, 0.25) is 0 Å². The Morgan fingerprint density at radius 3 is 0.667 bits per heavy atom. The molecule has 66 heavy (non-hydrogen) atoms. The van der Waals surface area contributed by atoms with Crippen LogP contribution in [0.1, 0.15) is 64.3 Å². The Kier molecular flexibility index (Phi) is 66.9. The molecule has 4 aromatic heterocycles. The maximum Gasteiger partial charge on any atom is 2.00 e. The summed E-state index contributed by atoms with van der Waals surface area (Å²) in [5, 5.41) is 37.3. The molecule has 4 aromatic rings. The molecule has 4 rings (SSSR count). The maximum absolute atomic E-state index is 9.33. The van der Waals surface area contributed by atoms with Crippen molar-refractivity contribution in [3.05, 3.63) is 120 Å². The standard InChI is InChI=1S/2C16H21N3.2C4H2O4.2Mn.10H2O/c2*1-16(2,3)19(12-14-8-4-6-10-17-14)13-15-9-5-7-11-18-15;2*5-3(6)1-2-4(7)8;;;;;;;;;;;;/h2*4-11H,12-13H2,1-3H3;2*(H,5,6)(H,7,8);;;10*1H2/q;;;;2*+2;;;;;;;;;;/p-4. The van der Waals surface area contributed by atoms with Crippen molar-refractivity contribution in [3.63, 3.8) is 0 Å². The van der Waals surface area contributed by atoms with E-state index in [1.54, 1.807) is 0 Å². The van der Waals surface area contributed by atoms with E-state index >= 15 is 0 Å². The molecule has 0 unspecified atom stereocenters. The summed E-state index contributed by atoms with van der Waals surface area (Å²) in [6.45, 7) is 16.7. The number of rotatable bonds is 8. The van der Waals surface area contributed by atoms with Crippen LogP contribution in [-0.4, -0.2) is 119 Å². The van der Waals surface area contributed by atoms with Gasteiger partial charge in [-0.3, -0.25) is 29.7 Å². The molecule has 0 amide bonds. The molecule has 0 aliphatic heterocycles. The largest absolute Gasteiger partial charge is 2.00 e. The average molecular weight is 1020 g/mol. The van der Waals surface area contributed by atoms with Crippen LogP contribution in [0.5, 0.6) is 0 Å². The normalized spacial score (nSPS) is 8.36. The molecule has 0 aromatic carbocycles. The molecule has 0 aliphatic rings. The Morgan fingerprint density at radius 2 is 0.561 bits per heavy atom. The summed E-state index contributed by atoms with van der Waals surface area (Å²) in [7, 11) is 0. The van der Waals surface area contributed by atoms with E-state index in [9.17, 15) is 39.6 Å².